The lowest BCUT2D eigenvalue weighted by molar-refractivity contribution is -0.123. The quantitative estimate of drug-likeness (QED) is 0.894. The fourth-order valence-electron chi connectivity index (χ4n) is 2.91. The SMILES string of the molecule is Cl.O=C(NCc1cccs1)C1CC12CCNCC2. The molecule has 3 nitrogen and oxygen atoms in total. The molecule has 0 bridgehead atoms. The molecule has 2 aliphatic rings. The van der Waals surface area contributed by atoms with Gasteiger partial charge in [0.25, 0.3) is 0 Å². The lowest BCUT2D eigenvalue weighted by Crippen LogP contribution is -2.33. The van der Waals surface area contributed by atoms with E-state index in [-0.39, 0.29) is 24.2 Å². The van der Waals surface area contributed by atoms with Crippen molar-refractivity contribution in [1.29, 1.82) is 0 Å². The van der Waals surface area contributed by atoms with Crippen LogP contribution in [-0.4, -0.2) is 19.0 Å². The van der Waals surface area contributed by atoms with E-state index in [2.05, 4.69) is 16.7 Å². The summed E-state index contributed by atoms with van der Waals surface area (Å²) >= 11 is 1.70. The summed E-state index contributed by atoms with van der Waals surface area (Å²) in [6.07, 6.45) is 3.44. The predicted octanol–water partition coefficient (Wildman–Crippen LogP) is 2.18. The van der Waals surface area contributed by atoms with Crippen molar-refractivity contribution < 1.29 is 4.79 Å². The maximum absolute atomic E-state index is 12.0. The van der Waals surface area contributed by atoms with Crippen LogP contribution in [0.15, 0.2) is 17.5 Å². The number of carbonyl (C=O) groups is 1. The number of amides is 1. The topological polar surface area (TPSA) is 41.1 Å². The monoisotopic (exact) mass is 286 g/mol. The molecule has 5 heteroatoms. The van der Waals surface area contributed by atoms with Crippen molar-refractivity contribution in [3.63, 3.8) is 0 Å². The number of rotatable bonds is 3. The Bertz CT molecular complexity index is 401. The highest BCUT2D eigenvalue weighted by Gasteiger charge is 2.57. The van der Waals surface area contributed by atoms with Crippen molar-refractivity contribution in [1.82, 2.24) is 10.6 Å². The highest BCUT2D eigenvalue weighted by Crippen LogP contribution is 2.58. The number of thiophene rings is 1. The van der Waals surface area contributed by atoms with Gasteiger partial charge in [-0.3, -0.25) is 4.79 Å². The molecule has 100 valence electrons. The van der Waals surface area contributed by atoms with Crippen molar-refractivity contribution >= 4 is 29.7 Å². The molecular weight excluding hydrogens is 268 g/mol. The van der Waals surface area contributed by atoms with Crippen molar-refractivity contribution in [2.24, 2.45) is 11.3 Å². The number of hydrogen-bond acceptors (Lipinski definition) is 3. The third-order valence-electron chi connectivity index (χ3n) is 4.12. The summed E-state index contributed by atoms with van der Waals surface area (Å²) in [4.78, 5) is 13.3. The van der Waals surface area contributed by atoms with Crippen LogP contribution in [0.2, 0.25) is 0 Å². The molecule has 1 spiro atoms. The first-order valence-corrected chi connectivity index (χ1v) is 7.19. The first-order valence-electron chi connectivity index (χ1n) is 6.31. The fraction of sp³-hybridized carbons (Fsp3) is 0.615. The maximum atomic E-state index is 12.0. The molecule has 1 aliphatic heterocycles. The molecule has 2 heterocycles. The van der Waals surface area contributed by atoms with E-state index in [1.807, 2.05) is 11.4 Å². The van der Waals surface area contributed by atoms with E-state index in [9.17, 15) is 4.79 Å². The smallest absolute Gasteiger partial charge is 0.223 e. The van der Waals surface area contributed by atoms with E-state index < -0.39 is 0 Å². The average Bonchev–Trinajstić information content (AvgIpc) is 2.82. The second-order valence-electron chi connectivity index (χ2n) is 5.17. The molecule has 1 amide bonds. The Morgan fingerprint density at radius 1 is 1.50 bits per heavy atom. The molecular formula is C13H19ClN2OS. The van der Waals surface area contributed by atoms with E-state index in [1.54, 1.807) is 11.3 Å². The van der Waals surface area contributed by atoms with Gasteiger partial charge in [-0.15, -0.1) is 23.7 Å². The van der Waals surface area contributed by atoms with E-state index in [0.29, 0.717) is 12.0 Å². The van der Waals surface area contributed by atoms with Crippen molar-refractivity contribution in [3.05, 3.63) is 22.4 Å². The van der Waals surface area contributed by atoms with Gasteiger partial charge in [0, 0.05) is 10.8 Å². The Morgan fingerprint density at radius 2 is 2.28 bits per heavy atom. The minimum atomic E-state index is 0. The first-order chi connectivity index (χ1) is 8.30. The van der Waals surface area contributed by atoms with Crippen LogP contribution < -0.4 is 10.6 Å². The molecule has 1 atom stereocenters. The van der Waals surface area contributed by atoms with Gasteiger partial charge in [0.1, 0.15) is 0 Å². The number of hydrogen-bond donors (Lipinski definition) is 2. The molecule has 2 N–H and O–H groups in total. The molecule has 2 fully saturated rings. The van der Waals surface area contributed by atoms with Gasteiger partial charge in [0.15, 0.2) is 0 Å². The average molecular weight is 287 g/mol. The van der Waals surface area contributed by atoms with Crippen LogP contribution in [0, 0.1) is 11.3 Å². The van der Waals surface area contributed by atoms with Crippen LogP contribution in [0.4, 0.5) is 0 Å². The summed E-state index contributed by atoms with van der Waals surface area (Å²) in [5.41, 5.74) is 0.352. The van der Waals surface area contributed by atoms with E-state index in [0.717, 1.165) is 19.5 Å². The van der Waals surface area contributed by atoms with Crippen LogP contribution in [0.5, 0.6) is 0 Å². The minimum absolute atomic E-state index is 0. The van der Waals surface area contributed by atoms with Gasteiger partial charge in [-0.25, -0.2) is 0 Å². The molecule has 3 rings (SSSR count). The van der Waals surface area contributed by atoms with Crippen molar-refractivity contribution in [2.45, 2.75) is 25.8 Å². The largest absolute Gasteiger partial charge is 0.351 e. The Kier molecular flexibility index (Phi) is 4.30. The third-order valence-corrected chi connectivity index (χ3v) is 5.00. The van der Waals surface area contributed by atoms with E-state index in [1.165, 1.54) is 17.7 Å². The number of halogens is 1. The summed E-state index contributed by atoms with van der Waals surface area (Å²) in [5, 5.41) is 8.48. The fourth-order valence-corrected chi connectivity index (χ4v) is 3.55. The molecule has 1 aromatic rings. The molecule has 1 saturated heterocycles. The summed E-state index contributed by atoms with van der Waals surface area (Å²) < 4.78 is 0. The van der Waals surface area contributed by atoms with E-state index in [4.69, 9.17) is 0 Å². The number of carbonyl (C=O) groups excluding carboxylic acids is 1. The van der Waals surface area contributed by atoms with Crippen LogP contribution >= 0.6 is 23.7 Å². The number of piperidine rings is 1. The first kappa shape index (κ1) is 13.8. The molecule has 0 radical (unpaired) electrons. The molecule has 1 saturated carbocycles. The van der Waals surface area contributed by atoms with Crippen LogP contribution in [0.25, 0.3) is 0 Å². The van der Waals surface area contributed by atoms with Gasteiger partial charge in [0.2, 0.25) is 5.91 Å². The Hall–Kier alpha value is -0.580. The lowest BCUT2D eigenvalue weighted by Gasteiger charge is -2.23. The zero-order chi connectivity index (χ0) is 11.7. The number of nitrogens with one attached hydrogen (secondary N) is 2. The second-order valence-corrected chi connectivity index (χ2v) is 6.20. The zero-order valence-corrected chi connectivity index (χ0v) is 11.9. The molecule has 0 aromatic carbocycles. The van der Waals surface area contributed by atoms with Gasteiger partial charge in [0.05, 0.1) is 6.54 Å². The zero-order valence-electron chi connectivity index (χ0n) is 10.3. The Morgan fingerprint density at radius 3 is 2.94 bits per heavy atom. The highest BCUT2D eigenvalue weighted by atomic mass is 35.5. The standard InChI is InChI=1S/C13H18N2OS.ClH/c16-12(15-9-10-2-1-7-17-10)11-8-13(11)3-5-14-6-4-13;/h1-2,7,11,14H,3-6,8-9H2,(H,15,16);1H. The summed E-state index contributed by atoms with van der Waals surface area (Å²) in [6, 6.07) is 4.09. The van der Waals surface area contributed by atoms with Crippen molar-refractivity contribution in [3.8, 4) is 0 Å². The molecule has 18 heavy (non-hydrogen) atoms. The molecule has 1 aliphatic carbocycles. The highest BCUT2D eigenvalue weighted by molar-refractivity contribution is 7.09. The second kappa shape index (κ2) is 5.59. The van der Waals surface area contributed by atoms with E-state index >= 15 is 0 Å². The van der Waals surface area contributed by atoms with Crippen LogP contribution in [0.1, 0.15) is 24.1 Å². The Balaban J connectivity index is 0.00000120. The lowest BCUT2D eigenvalue weighted by atomic mass is 9.92. The predicted molar refractivity (Wildman–Crippen MR) is 76.1 cm³/mol. The van der Waals surface area contributed by atoms with Gasteiger partial charge < -0.3 is 10.6 Å². The summed E-state index contributed by atoms with van der Waals surface area (Å²) in [7, 11) is 0. The molecule has 1 aromatic heterocycles. The summed E-state index contributed by atoms with van der Waals surface area (Å²) in [6.45, 7) is 2.85. The van der Waals surface area contributed by atoms with Crippen LogP contribution in [-0.2, 0) is 11.3 Å². The van der Waals surface area contributed by atoms with Gasteiger partial charge in [-0.2, -0.15) is 0 Å². The van der Waals surface area contributed by atoms with Crippen molar-refractivity contribution in [2.75, 3.05) is 13.1 Å². The van der Waals surface area contributed by atoms with Gasteiger partial charge >= 0.3 is 0 Å². The Labute approximate surface area is 118 Å². The van der Waals surface area contributed by atoms with Gasteiger partial charge in [-0.1, -0.05) is 6.07 Å². The molecule has 1 unspecified atom stereocenters. The van der Waals surface area contributed by atoms with Crippen LogP contribution in [0.3, 0.4) is 0 Å². The minimum Gasteiger partial charge on any atom is -0.351 e. The summed E-state index contributed by atoms with van der Waals surface area (Å²) in [5.74, 6) is 0.546. The van der Waals surface area contributed by atoms with Gasteiger partial charge in [-0.05, 0) is 49.2 Å². The normalized spacial score (nSPS) is 24.3. The third kappa shape index (κ3) is 2.71. The maximum Gasteiger partial charge on any atom is 0.223 e.